The molecule has 0 aliphatic carbocycles. The summed E-state index contributed by atoms with van der Waals surface area (Å²) in [5.74, 6) is -0.389. The highest BCUT2D eigenvalue weighted by atomic mass is 35.5. The van der Waals surface area contributed by atoms with E-state index in [1.165, 1.54) is 6.07 Å². The third-order valence-electron chi connectivity index (χ3n) is 2.59. The Morgan fingerprint density at radius 3 is 2.61 bits per heavy atom. The average molecular weight is 262 g/mol. The molecule has 18 heavy (non-hydrogen) atoms. The van der Waals surface area contributed by atoms with Crippen LogP contribution in [0.4, 0.5) is 5.69 Å². The monoisotopic (exact) mass is 261 g/mol. The Kier molecular flexibility index (Phi) is 3.53. The predicted octanol–water partition coefficient (Wildman–Crippen LogP) is 3.61. The molecule has 0 radical (unpaired) electrons. The maximum absolute atomic E-state index is 12.0. The lowest BCUT2D eigenvalue weighted by atomic mass is 10.1. The van der Waals surface area contributed by atoms with E-state index in [2.05, 4.69) is 5.32 Å². The molecule has 2 N–H and O–H groups in total. The number of rotatable bonds is 2. The van der Waals surface area contributed by atoms with Crippen molar-refractivity contribution in [1.82, 2.24) is 0 Å². The summed E-state index contributed by atoms with van der Waals surface area (Å²) in [7, 11) is 0. The molecular formula is C14H12ClNO2. The second-order valence-corrected chi connectivity index (χ2v) is 4.37. The third kappa shape index (κ3) is 2.63. The van der Waals surface area contributed by atoms with Crippen molar-refractivity contribution in [2.24, 2.45) is 0 Å². The van der Waals surface area contributed by atoms with Crippen LogP contribution in [0, 0.1) is 6.92 Å². The molecule has 92 valence electrons. The fraction of sp³-hybridized carbons (Fsp3) is 0.0714. The van der Waals surface area contributed by atoms with Gasteiger partial charge in [0.1, 0.15) is 5.75 Å². The van der Waals surface area contributed by atoms with E-state index in [1.807, 2.05) is 6.92 Å². The summed E-state index contributed by atoms with van der Waals surface area (Å²) in [5.41, 5.74) is 1.78. The Morgan fingerprint density at radius 1 is 1.22 bits per heavy atom. The first kappa shape index (κ1) is 12.5. The van der Waals surface area contributed by atoms with Crippen LogP contribution in [0.5, 0.6) is 5.75 Å². The Labute approximate surface area is 110 Å². The van der Waals surface area contributed by atoms with E-state index in [9.17, 15) is 9.90 Å². The summed E-state index contributed by atoms with van der Waals surface area (Å²) in [5, 5.41) is 12.9. The van der Waals surface area contributed by atoms with Crippen LogP contribution in [-0.4, -0.2) is 11.0 Å². The zero-order valence-electron chi connectivity index (χ0n) is 9.77. The van der Waals surface area contributed by atoms with E-state index in [1.54, 1.807) is 36.4 Å². The molecule has 0 aliphatic heterocycles. The SMILES string of the molecule is Cc1cc(Cl)ccc1NC(=O)c1ccccc1O. The van der Waals surface area contributed by atoms with Gasteiger partial charge in [-0.2, -0.15) is 0 Å². The first-order valence-corrected chi connectivity index (χ1v) is 5.81. The summed E-state index contributed by atoms with van der Waals surface area (Å²) >= 11 is 5.84. The molecule has 0 atom stereocenters. The number of carbonyl (C=O) groups excluding carboxylic acids is 1. The fourth-order valence-corrected chi connectivity index (χ4v) is 1.85. The molecule has 0 saturated carbocycles. The highest BCUT2D eigenvalue weighted by Crippen LogP contribution is 2.22. The van der Waals surface area contributed by atoms with Gasteiger partial charge < -0.3 is 10.4 Å². The molecule has 0 bridgehead atoms. The Balaban J connectivity index is 2.24. The summed E-state index contributed by atoms with van der Waals surface area (Å²) in [4.78, 5) is 12.0. The van der Waals surface area contributed by atoms with Crippen LogP contribution in [0.25, 0.3) is 0 Å². The van der Waals surface area contributed by atoms with Gasteiger partial charge in [-0.25, -0.2) is 0 Å². The zero-order chi connectivity index (χ0) is 13.1. The average Bonchev–Trinajstić information content (AvgIpc) is 2.33. The van der Waals surface area contributed by atoms with Gasteiger partial charge in [0.05, 0.1) is 5.56 Å². The van der Waals surface area contributed by atoms with Crippen molar-refractivity contribution in [3.05, 3.63) is 58.6 Å². The van der Waals surface area contributed by atoms with Crippen molar-refractivity contribution in [3.63, 3.8) is 0 Å². The van der Waals surface area contributed by atoms with Crippen LogP contribution in [-0.2, 0) is 0 Å². The van der Waals surface area contributed by atoms with Crippen molar-refractivity contribution < 1.29 is 9.90 Å². The van der Waals surface area contributed by atoms with Gasteiger partial charge in [-0.05, 0) is 42.8 Å². The van der Waals surface area contributed by atoms with E-state index < -0.39 is 0 Å². The quantitative estimate of drug-likeness (QED) is 0.868. The smallest absolute Gasteiger partial charge is 0.259 e. The molecule has 4 heteroatoms. The molecular weight excluding hydrogens is 250 g/mol. The topological polar surface area (TPSA) is 49.3 Å². The minimum atomic E-state index is -0.349. The van der Waals surface area contributed by atoms with Gasteiger partial charge in [-0.15, -0.1) is 0 Å². The number of benzene rings is 2. The first-order chi connectivity index (χ1) is 8.58. The number of carbonyl (C=O) groups is 1. The molecule has 0 aromatic heterocycles. The Hall–Kier alpha value is -2.00. The predicted molar refractivity (Wildman–Crippen MR) is 72.2 cm³/mol. The molecule has 0 spiro atoms. The van der Waals surface area contributed by atoms with Gasteiger partial charge in [-0.1, -0.05) is 23.7 Å². The van der Waals surface area contributed by atoms with Gasteiger partial charge in [-0.3, -0.25) is 4.79 Å². The van der Waals surface area contributed by atoms with Crippen molar-refractivity contribution >= 4 is 23.2 Å². The standard InChI is InChI=1S/C14H12ClNO2/c1-9-8-10(15)6-7-12(9)16-14(18)11-4-2-3-5-13(11)17/h2-8,17H,1H3,(H,16,18). The molecule has 2 aromatic carbocycles. The van der Waals surface area contributed by atoms with Crippen molar-refractivity contribution in [3.8, 4) is 5.75 Å². The molecule has 1 amide bonds. The largest absolute Gasteiger partial charge is 0.507 e. The summed E-state index contributed by atoms with van der Waals surface area (Å²) in [6, 6.07) is 11.6. The lowest BCUT2D eigenvalue weighted by Gasteiger charge is -2.09. The maximum atomic E-state index is 12.0. The first-order valence-electron chi connectivity index (χ1n) is 5.43. The molecule has 0 heterocycles. The molecule has 2 rings (SSSR count). The van der Waals surface area contributed by atoms with Crippen LogP contribution in [0.3, 0.4) is 0 Å². The molecule has 2 aromatic rings. The van der Waals surface area contributed by atoms with E-state index >= 15 is 0 Å². The van der Waals surface area contributed by atoms with E-state index in [-0.39, 0.29) is 17.2 Å². The lowest BCUT2D eigenvalue weighted by Crippen LogP contribution is -2.12. The van der Waals surface area contributed by atoms with Crippen LogP contribution in [0.1, 0.15) is 15.9 Å². The van der Waals surface area contributed by atoms with E-state index in [0.717, 1.165) is 5.56 Å². The second kappa shape index (κ2) is 5.10. The van der Waals surface area contributed by atoms with E-state index in [0.29, 0.717) is 10.7 Å². The summed E-state index contributed by atoms with van der Waals surface area (Å²) < 4.78 is 0. The number of aryl methyl sites for hydroxylation is 1. The van der Waals surface area contributed by atoms with Gasteiger partial charge in [0.15, 0.2) is 0 Å². The highest BCUT2D eigenvalue weighted by Gasteiger charge is 2.11. The number of hydrogen-bond acceptors (Lipinski definition) is 2. The molecule has 0 unspecified atom stereocenters. The van der Waals surface area contributed by atoms with Crippen LogP contribution in [0.15, 0.2) is 42.5 Å². The van der Waals surface area contributed by atoms with Gasteiger partial charge in [0.2, 0.25) is 0 Å². The molecule has 3 nitrogen and oxygen atoms in total. The highest BCUT2D eigenvalue weighted by molar-refractivity contribution is 6.30. The Morgan fingerprint density at radius 2 is 1.94 bits per heavy atom. The molecule has 0 fully saturated rings. The van der Waals surface area contributed by atoms with Crippen molar-refractivity contribution in [2.75, 3.05) is 5.32 Å². The number of halogens is 1. The van der Waals surface area contributed by atoms with Crippen molar-refractivity contribution in [2.45, 2.75) is 6.92 Å². The third-order valence-corrected chi connectivity index (χ3v) is 2.82. The fourth-order valence-electron chi connectivity index (χ4n) is 1.62. The van der Waals surface area contributed by atoms with Crippen LogP contribution in [0.2, 0.25) is 5.02 Å². The van der Waals surface area contributed by atoms with Gasteiger partial charge in [0, 0.05) is 10.7 Å². The molecule has 0 aliphatic rings. The lowest BCUT2D eigenvalue weighted by molar-refractivity contribution is 0.102. The number of nitrogens with one attached hydrogen (secondary N) is 1. The number of hydrogen-bond donors (Lipinski definition) is 2. The number of phenols is 1. The normalized spacial score (nSPS) is 10.1. The Bertz CT molecular complexity index is 596. The second-order valence-electron chi connectivity index (χ2n) is 3.93. The van der Waals surface area contributed by atoms with Crippen LogP contribution < -0.4 is 5.32 Å². The number of phenolic OH excluding ortho intramolecular Hbond substituents is 1. The maximum Gasteiger partial charge on any atom is 0.259 e. The summed E-state index contributed by atoms with van der Waals surface area (Å²) in [6.45, 7) is 1.85. The number of amides is 1. The number of anilines is 1. The minimum absolute atomic E-state index is 0.0402. The summed E-state index contributed by atoms with van der Waals surface area (Å²) in [6.07, 6.45) is 0. The minimum Gasteiger partial charge on any atom is -0.507 e. The van der Waals surface area contributed by atoms with Crippen LogP contribution >= 0.6 is 11.6 Å². The van der Waals surface area contributed by atoms with Crippen molar-refractivity contribution in [1.29, 1.82) is 0 Å². The van der Waals surface area contributed by atoms with Gasteiger partial charge in [0.25, 0.3) is 5.91 Å². The molecule has 0 saturated heterocycles. The van der Waals surface area contributed by atoms with Gasteiger partial charge >= 0.3 is 0 Å². The number of para-hydroxylation sites is 1. The van der Waals surface area contributed by atoms with E-state index in [4.69, 9.17) is 11.6 Å². The zero-order valence-corrected chi connectivity index (χ0v) is 10.5. The number of aromatic hydroxyl groups is 1.